The Balaban J connectivity index is 2.51. The molecule has 0 aliphatic carbocycles. The van der Waals surface area contributed by atoms with E-state index in [1.165, 1.54) is 18.2 Å². The zero-order valence-electron chi connectivity index (χ0n) is 9.04. The number of halogens is 2. The zero-order valence-corrected chi connectivity index (χ0v) is 9.80. The molecule has 16 heavy (non-hydrogen) atoms. The third-order valence-corrected chi connectivity index (χ3v) is 2.37. The average Bonchev–Trinajstić information content (AvgIpc) is 2.27. The van der Waals surface area contributed by atoms with Gasteiger partial charge in [-0.15, -0.1) is 0 Å². The third kappa shape index (κ3) is 4.06. The summed E-state index contributed by atoms with van der Waals surface area (Å²) in [4.78, 5) is 0. The van der Waals surface area contributed by atoms with E-state index in [2.05, 4.69) is 5.32 Å². The number of nitrogens with one attached hydrogen (secondary N) is 1. The van der Waals surface area contributed by atoms with Gasteiger partial charge in [-0.3, -0.25) is 0 Å². The Morgan fingerprint density at radius 1 is 1.56 bits per heavy atom. The van der Waals surface area contributed by atoms with Crippen molar-refractivity contribution in [1.82, 2.24) is 5.32 Å². The van der Waals surface area contributed by atoms with Crippen LogP contribution in [0.15, 0.2) is 18.2 Å². The second-order valence-corrected chi connectivity index (χ2v) is 3.81. The van der Waals surface area contributed by atoms with E-state index in [-0.39, 0.29) is 12.1 Å². The number of hydrogen-bond acceptors (Lipinski definition) is 3. The molecule has 0 amide bonds. The monoisotopic (exact) mass is 247 g/mol. The Bertz CT molecular complexity index is 336. The fourth-order valence-corrected chi connectivity index (χ4v) is 1.47. The molecule has 1 atom stereocenters. The molecule has 1 unspecified atom stereocenters. The molecular weight excluding hydrogens is 233 g/mol. The maximum atomic E-state index is 13.3. The first-order valence-corrected chi connectivity index (χ1v) is 5.35. The highest BCUT2D eigenvalue weighted by atomic mass is 35.5. The van der Waals surface area contributed by atoms with Crippen LogP contribution in [0.25, 0.3) is 0 Å². The van der Waals surface area contributed by atoms with Crippen molar-refractivity contribution in [2.75, 3.05) is 26.8 Å². The number of hydrogen-bond donors (Lipinski definition) is 2. The van der Waals surface area contributed by atoms with Gasteiger partial charge < -0.3 is 15.2 Å². The van der Waals surface area contributed by atoms with E-state index in [0.29, 0.717) is 18.2 Å². The van der Waals surface area contributed by atoms with Crippen LogP contribution in [0.5, 0.6) is 0 Å². The van der Waals surface area contributed by atoms with Crippen molar-refractivity contribution >= 4 is 11.6 Å². The summed E-state index contributed by atoms with van der Waals surface area (Å²) in [6, 6.07) is 4.13. The number of ether oxygens (including phenoxy) is 1. The minimum atomic E-state index is -0.907. The standard InChI is InChI=1S/C11H15ClFNO2/c1-16-5-4-14-7-11(15)9-6-8(12)2-3-10(9)13/h2-3,6,11,14-15H,4-5,7H2,1H3. The molecule has 0 fully saturated rings. The maximum Gasteiger partial charge on any atom is 0.129 e. The predicted molar refractivity (Wildman–Crippen MR) is 61.1 cm³/mol. The highest BCUT2D eigenvalue weighted by Gasteiger charge is 2.12. The van der Waals surface area contributed by atoms with Crippen molar-refractivity contribution in [3.8, 4) is 0 Å². The Morgan fingerprint density at radius 3 is 3.00 bits per heavy atom. The summed E-state index contributed by atoms with van der Waals surface area (Å²) in [7, 11) is 1.59. The normalized spacial score (nSPS) is 12.8. The van der Waals surface area contributed by atoms with Gasteiger partial charge >= 0.3 is 0 Å². The summed E-state index contributed by atoms with van der Waals surface area (Å²) in [5.74, 6) is -0.453. The lowest BCUT2D eigenvalue weighted by Gasteiger charge is -2.13. The molecule has 1 aromatic rings. The van der Waals surface area contributed by atoms with Crippen LogP contribution in [-0.4, -0.2) is 31.9 Å². The van der Waals surface area contributed by atoms with Gasteiger partial charge in [0, 0.05) is 30.8 Å². The zero-order chi connectivity index (χ0) is 12.0. The molecule has 0 spiro atoms. The van der Waals surface area contributed by atoms with Crippen molar-refractivity contribution in [3.63, 3.8) is 0 Å². The summed E-state index contributed by atoms with van der Waals surface area (Å²) < 4.78 is 18.2. The Labute approximate surface area is 99.2 Å². The van der Waals surface area contributed by atoms with Crippen molar-refractivity contribution in [2.24, 2.45) is 0 Å². The highest BCUT2D eigenvalue weighted by Crippen LogP contribution is 2.20. The van der Waals surface area contributed by atoms with Gasteiger partial charge in [0.05, 0.1) is 12.7 Å². The molecule has 0 bridgehead atoms. The molecule has 2 N–H and O–H groups in total. The van der Waals surface area contributed by atoms with Crippen LogP contribution >= 0.6 is 11.6 Å². The topological polar surface area (TPSA) is 41.5 Å². The fraction of sp³-hybridized carbons (Fsp3) is 0.455. The van der Waals surface area contributed by atoms with Crippen LogP contribution in [-0.2, 0) is 4.74 Å². The first kappa shape index (κ1) is 13.4. The first-order valence-electron chi connectivity index (χ1n) is 4.98. The van der Waals surface area contributed by atoms with Gasteiger partial charge in [-0.2, -0.15) is 0 Å². The molecule has 0 aliphatic rings. The Kier molecular flexibility index (Phi) is 5.69. The third-order valence-electron chi connectivity index (χ3n) is 2.14. The second-order valence-electron chi connectivity index (χ2n) is 3.38. The molecule has 1 rings (SSSR count). The molecule has 90 valence electrons. The largest absolute Gasteiger partial charge is 0.387 e. The number of rotatable bonds is 6. The van der Waals surface area contributed by atoms with Gasteiger partial charge in [-0.25, -0.2) is 4.39 Å². The SMILES string of the molecule is COCCNCC(O)c1cc(Cl)ccc1F. The van der Waals surface area contributed by atoms with Crippen LogP contribution in [0.2, 0.25) is 5.02 Å². The average molecular weight is 248 g/mol. The maximum absolute atomic E-state index is 13.3. The fourth-order valence-electron chi connectivity index (χ4n) is 1.29. The van der Waals surface area contributed by atoms with Gasteiger partial charge in [-0.05, 0) is 18.2 Å². The quantitative estimate of drug-likeness (QED) is 0.753. The predicted octanol–water partition coefficient (Wildman–Crippen LogP) is 1.75. The first-order chi connectivity index (χ1) is 7.65. The number of methoxy groups -OCH3 is 1. The molecule has 5 heteroatoms. The van der Waals surface area contributed by atoms with Crippen molar-refractivity contribution < 1.29 is 14.2 Å². The molecule has 0 radical (unpaired) electrons. The summed E-state index contributed by atoms with van der Waals surface area (Å²) in [5.41, 5.74) is 0.206. The van der Waals surface area contributed by atoms with Crippen LogP contribution in [0.4, 0.5) is 4.39 Å². The van der Waals surface area contributed by atoms with E-state index >= 15 is 0 Å². The highest BCUT2D eigenvalue weighted by molar-refractivity contribution is 6.30. The van der Waals surface area contributed by atoms with Gasteiger partial charge in [0.2, 0.25) is 0 Å². The lowest BCUT2D eigenvalue weighted by atomic mass is 10.1. The van der Waals surface area contributed by atoms with E-state index in [1.54, 1.807) is 7.11 Å². The molecule has 0 saturated carbocycles. The minimum absolute atomic E-state index is 0.206. The molecule has 0 saturated heterocycles. The van der Waals surface area contributed by atoms with E-state index in [1.807, 2.05) is 0 Å². The number of aliphatic hydroxyl groups excluding tert-OH is 1. The van der Waals surface area contributed by atoms with Crippen LogP contribution < -0.4 is 5.32 Å². The van der Waals surface area contributed by atoms with E-state index in [0.717, 1.165) is 0 Å². The Hall–Kier alpha value is -0.680. The van der Waals surface area contributed by atoms with Crippen LogP contribution in [0.3, 0.4) is 0 Å². The lowest BCUT2D eigenvalue weighted by molar-refractivity contribution is 0.158. The number of aliphatic hydroxyl groups is 1. The van der Waals surface area contributed by atoms with Crippen molar-refractivity contribution in [1.29, 1.82) is 0 Å². The minimum Gasteiger partial charge on any atom is -0.387 e. The molecule has 0 aliphatic heterocycles. The smallest absolute Gasteiger partial charge is 0.129 e. The summed E-state index contributed by atoms with van der Waals surface area (Å²) in [5, 5.41) is 13.1. The van der Waals surface area contributed by atoms with E-state index in [4.69, 9.17) is 16.3 Å². The molecule has 0 aromatic heterocycles. The molecule has 0 heterocycles. The molecular formula is C11H15ClFNO2. The van der Waals surface area contributed by atoms with Gasteiger partial charge in [0.25, 0.3) is 0 Å². The number of benzene rings is 1. The van der Waals surface area contributed by atoms with Crippen molar-refractivity contribution in [2.45, 2.75) is 6.10 Å². The van der Waals surface area contributed by atoms with Crippen LogP contribution in [0.1, 0.15) is 11.7 Å². The van der Waals surface area contributed by atoms with E-state index < -0.39 is 11.9 Å². The van der Waals surface area contributed by atoms with Crippen molar-refractivity contribution in [3.05, 3.63) is 34.6 Å². The second kappa shape index (κ2) is 6.81. The van der Waals surface area contributed by atoms with Gasteiger partial charge in [0.15, 0.2) is 0 Å². The van der Waals surface area contributed by atoms with E-state index in [9.17, 15) is 9.50 Å². The van der Waals surface area contributed by atoms with Gasteiger partial charge in [0.1, 0.15) is 5.82 Å². The summed E-state index contributed by atoms with van der Waals surface area (Å²) in [6.07, 6.45) is -0.907. The Morgan fingerprint density at radius 2 is 2.31 bits per heavy atom. The van der Waals surface area contributed by atoms with Gasteiger partial charge in [-0.1, -0.05) is 11.6 Å². The van der Waals surface area contributed by atoms with Crippen LogP contribution in [0, 0.1) is 5.82 Å². The summed E-state index contributed by atoms with van der Waals surface area (Å²) in [6.45, 7) is 1.42. The summed E-state index contributed by atoms with van der Waals surface area (Å²) >= 11 is 5.73. The lowest BCUT2D eigenvalue weighted by Crippen LogP contribution is -2.25. The molecule has 1 aromatic carbocycles. The molecule has 3 nitrogen and oxygen atoms in total.